The van der Waals surface area contributed by atoms with Gasteiger partial charge in [0, 0.05) is 43.9 Å². The Bertz CT molecular complexity index is 3630. The Labute approximate surface area is 436 Å². The number of para-hydroxylation sites is 1. The number of aromatic nitrogens is 3. The monoisotopic (exact) mass is 1090 g/mol. The molecule has 0 saturated carbocycles. The molecule has 2 heterocycles. The normalized spacial score (nSPS) is 14.3. The van der Waals surface area contributed by atoms with Crippen LogP contribution in [0.4, 0.5) is 0 Å². The van der Waals surface area contributed by atoms with Crippen molar-refractivity contribution < 1.29 is 37.1 Å². The maximum Gasteiger partial charge on any atom is 0.148 e. The van der Waals surface area contributed by atoms with E-state index in [-0.39, 0.29) is 55.0 Å². The van der Waals surface area contributed by atoms with Crippen LogP contribution in [-0.2, 0) is 21.1 Å². The van der Waals surface area contributed by atoms with E-state index < -0.39 is 36.3 Å². The molecule has 0 unspecified atom stereocenters. The first-order chi connectivity index (χ1) is 35.4. The van der Waals surface area contributed by atoms with Gasteiger partial charge in [-0.05, 0) is 128 Å². The standard InChI is InChI=1S/C64H64N3O.Pt/c1-38(2)44-23-25-46(26-24-44)47-29-30-65-58(37-47)52-33-50(45-17-13-12-14-18-45)32-51(34-52)55-21-16-22-60-62(55)66-64(57-36-49(39(3)4)35-56(42(9)10)63(57)68)67(60)59-28-27-48(31-43(59)11)61-53(40(5)6)19-15-20-54(61)41(7)8;/h12-33,35-42,68H,1-11H3;/q-1;/i11D3,38D,39D,40D,41D,42D;. The van der Waals surface area contributed by atoms with Gasteiger partial charge in [0.1, 0.15) is 11.6 Å². The van der Waals surface area contributed by atoms with E-state index in [1.165, 1.54) is 0 Å². The third-order valence-corrected chi connectivity index (χ3v) is 12.9. The van der Waals surface area contributed by atoms with Crippen LogP contribution in [-0.4, -0.2) is 19.6 Å². The number of aromatic hydroxyl groups is 1. The number of pyridine rings is 1. The quantitative estimate of drug-likeness (QED) is 0.124. The van der Waals surface area contributed by atoms with Crippen molar-refractivity contribution in [3.05, 3.63) is 191 Å². The SMILES string of the molecule is [2H]C([2H])([2H])c1cc(-c2c(C([2H])(C)C)cccc2C([2H])(C)C)ccc1-n1c(-c2cc(C([2H])(C)C)cc(C([2H])(C)C)c2O)nc2c(-c3[c-]c(-c4cc(-c5ccc(C([2H])(C)C)cc5)ccn4)cc(-c4ccccc4)c3)cccc21.[Pt]. The van der Waals surface area contributed by atoms with Gasteiger partial charge < -0.3 is 5.11 Å². The van der Waals surface area contributed by atoms with Crippen molar-refractivity contribution in [2.75, 3.05) is 0 Å². The van der Waals surface area contributed by atoms with E-state index in [1.54, 1.807) is 90.4 Å². The fourth-order valence-corrected chi connectivity index (χ4v) is 9.20. The molecule has 9 aromatic rings. The van der Waals surface area contributed by atoms with Crippen molar-refractivity contribution >= 4 is 11.0 Å². The summed E-state index contributed by atoms with van der Waals surface area (Å²) in [4.78, 5) is 10.3. The van der Waals surface area contributed by atoms with Crippen molar-refractivity contribution in [3.63, 3.8) is 0 Å². The van der Waals surface area contributed by atoms with Gasteiger partial charge in [0.25, 0.3) is 0 Å². The number of rotatable bonds is 12. The molecule has 0 aliphatic heterocycles. The minimum absolute atomic E-state index is 0. The van der Waals surface area contributed by atoms with Crippen molar-refractivity contribution in [2.45, 2.75) is 106 Å². The molecule has 2 aromatic heterocycles. The minimum atomic E-state index is -2.71. The first kappa shape index (κ1) is 39.5. The van der Waals surface area contributed by atoms with E-state index in [9.17, 15) is 14.7 Å². The summed E-state index contributed by atoms with van der Waals surface area (Å²) in [7, 11) is 0. The van der Waals surface area contributed by atoms with Crippen LogP contribution in [0.2, 0.25) is 0 Å². The van der Waals surface area contributed by atoms with E-state index in [0.717, 1.165) is 33.4 Å². The number of imidazole rings is 1. The first-order valence-electron chi connectivity index (χ1n) is 27.3. The van der Waals surface area contributed by atoms with Crippen LogP contribution >= 0.6 is 0 Å². The van der Waals surface area contributed by atoms with Crippen LogP contribution in [0.1, 0.15) is 143 Å². The summed E-state index contributed by atoms with van der Waals surface area (Å²) in [5, 5.41) is 12.5. The topological polar surface area (TPSA) is 50.9 Å². The van der Waals surface area contributed by atoms with Gasteiger partial charge in [-0.25, -0.2) is 4.98 Å². The van der Waals surface area contributed by atoms with Crippen LogP contribution < -0.4 is 0 Å². The van der Waals surface area contributed by atoms with E-state index in [2.05, 4.69) is 18.2 Å². The molecule has 352 valence electrons. The van der Waals surface area contributed by atoms with Crippen molar-refractivity contribution in [1.82, 2.24) is 14.5 Å². The number of nitrogens with zero attached hydrogens (tertiary/aromatic N) is 3. The molecule has 0 fully saturated rings. The van der Waals surface area contributed by atoms with Gasteiger partial charge in [-0.2, -0.15) is 0 Å². The summed E-state index contributed by atoms with van der Waals surface area (Å²) in [6.45, 7) is 15.0. The first-order valence-corrected chi connectivity index (χ1v) is 23.3. The van der Waals surface area contributed by atoms with Crippen LogP contribution in [0.3, 0.4) is 0 Å². The summed E-state index contributed by atoms with van der Waals surface area (Å²) in [6, 6.07) is 49.8. The second-order valence-corrected chi connectivity index (χ2v) is 18.9. The average Bonchev–Trinajstić information content (AvgIpc) is 3.74. The molecule has 4 nitrogen and oxygen atoms in total. The molecule has 0 bridgehead atoms. The van der Waals surface area contributed by atoms with Gasteiger partial charge in [0.05, 0.1) is 22.3 Å². The third kappa shape index (κ3) is 9.66. The van der Waals surface area contributed by atoms with E-state index >= 15 is 0 Å². The number of hydrogen-bond donors (Lipinski definition) is 1. The number of fused-ring (bicyclic) bond motifs is 1. The predicted molar refractivity (Wildman–Crippen MR) is 287 cm³/mol. The fraction of sp³-hybridized carbons (Fsp3) is 0.250. The Kier molecular flexibility index (Phi) is 11.6. The molecule has 5 heteroatoms. The summed E-state index contributed by atoms with van der Waals surface area (Å²) >= 11 is 0. The largest absolute Gasteiger partial charge is 0.507 e. The van der Waals surface area contributed by atoms with Gasteiger partial charge in [-0.3, -0.25) is 9.55 Å². The van der Waals surface area contributed by atoms with E-state index in [0.29, 0.717) is 55.7 Å². The zero-order valence-corrected chi connectivity index (χ0v) is 43.3. The maximum absolute atomic E-state index is 12.5. The summed E-state index contributed by atoms with van der Waals surface area (Å²) < 4.78 is 74.6. The molecule has 0 amide bonds. The fourth-order valence-electron chi connectivity index (χ4n) is 9.20. The molecule has 0 spiro atoms. The molecule has 0 radical (unpaired) electrons. The van der Waals surface area contributed by atoms with Gasteiger partial charge in [-0.1, -0.05) is 189 Å². The Balaban J connectivity index is 0.00000784. The summed E-state index contributed by atoms with van der Waals surface area (Å²) in [5.41, 5.74) is 12.2. The Hall–Kier alpha value is -6.35. The van der Waals surface area contributed by atoms with E-state index in [1.807, 2.05) is 123 Å². The van der Waals surface area contributed by atoms with Crippen LogP contribution in [0, 0.1) is 12.9 Å². The molecule has 69 heavy (non-hydrogen) atoms. The maximum atomic E-state index is 12.5. The third-order valence-electron chi connectivity index (χ3n) is 12.9. The number of aryl methyl sites for hydroxylation is 1. The second kappa shape index (κ2) is 20.3. The van der Waals surface area contributed by atoms with Gasteiger partial charge in [0.15, 0.2) is 0 Å². The number of phenols is 1. The smallest absolute Gasteiger partial charge is 0.148 e. The summed E-state index contributed by atoms with van der Waals surface area (Å²) in [5.74, 6) is -5.44. The summed E-state index contributed by atoms with van der Waals surface area (Å²) in [6.07, 6.45) is 1.78. The molecule has 7 aromatic carbocycles. The van der Waals surface area contributed by atoms with Gasteiger partial charge in [0.2, 0.25) is 0 Å². The van der Waals surface area contributed by atoms with Crippen molar-refractivity contribution in [3.8, 4) is 78.6 Å². The Morgan fingerprint density at radius 3 is 1.83 bits per heavy atom. The Morgan fingerprint density at radius 2 is 1.17 bits per heavy atom. The minimum Gasteiger partial charge on any atom is -0.507 e. The molecule has 9 rings (SSSR count). The molecular weight excluding hydrogens is 1020 g/mol. The number of phenolic OH excluding ortho intramolecular Hbond substituents is 1. The molecule has 0 aliphatic rings. The second-order valence-electron chi connectivity index (χ2n) is 18.9. The van der Waals surface area contributed by atoms with Crippen LogP contribution in [0.25, 0.3) is 83.9 Å². The van der Waals surface area contributed by atoms with E-state index in [4.69, 9.17) is 11.3 Å². The molecule has 1 N–H and O–H groups in total. The number of benzene rings is 7. The van der Waals surface area contributed by atoms with Gasteiger partial charge in [-0.15, -0.1) is 23.8 Å². The van der Waals surface area contributed by atoms with Crippen LogP contribution in [0.15, 0.2) is 152 Å². The van der Waals surface area contributed by atoms with Crippen LogP contribution in [0.5, 0.6) is 5.75 Å². The average molecular weight is 1090 g/mol. The molecule has 0 saturated heterocycles. The molecule has 0 atom stereocenters. The predicted octanol–water partition coefficient (Wildman–Crippen LogP) is 17.9. The molecule has 0 aliphatic carbocycles. The Morgan fingerprint density at radius 1 is 0.536 bits per heavy atom. The number of hydrogen-bond acceptors (Lipinski definition) is 3. The zero-order chi connectivity index (χ0) is 55.1. The molecular formula is C64H64N3OPt-. The van der Waals surface area contributed by atoms with Gasteiger partial charge >= 0.3 is 0 Å². The van der Waals surface area contributed by atoms with Crippen molar-refractivity contribution in [2.24, 2.45) is 0 Å². The van der Waals surface area contributed by atoms with Crippen molar-refractivity contribution in [1.29, 1.82) is 0 Å². The zero-order valence-electron chi connectivity index (χ0n) is 49.0.